The number of hydrogen-bond acceptors (Lipinski definition) is 5. The largest absolute Gasteiger partial charge is 0.482 e. The Bertz CT molecular complexity index is 1800. The molecule has 0 radical (unpaired) electrons. The van der Waals surface area contributed by atoms with Crippen LogP contribution in [0.2, 0.25) is 0 Å². The van der Waals surface area contributed by atoms with Crippen LogP contribution < -0.4 is 4.74 Å². The predicted molar refractivity (Wildman–Crippen MR) is 180 cm³/mol. The van der Waals surface area contributed by atoms with Gasteiger partial charge in [0.2, 0.25) is 0 Å². The molecule has 5 atom stereocenters. The summed E-state index contributed by atoms with van der Waals surface area (Å²) in [5.74, 6) is -0.224. The quantitative estimate of drug-likeness (QED) is 0.100. The number of aryl methyl sites for hydroxylation is 2. The summed E-state index contributed by atoms with van der Waals surface area (Å²) in [7, 11) is 0. The van der Waals surface area contributed by atoms with E-state index in [1.54, 1.807) is 30.0 Å². The number of aliphatic carboxylic acids is 1. The molecule has 1 N–H and O–H groups in total. The van der Waals surface area contributed by atoms with E-state index < -0.39 is 36.1 Å². The standard InChI is InChI=1S/C37H35F6NO3S2/c1-20-17-29(14-16-31(20)47-19-33(45)46)48-32(34-23(4)44-35(49-34)25-7-12-28(13-8-25)37(41,42)43)18-26-9-15-30(22(3)21(26)2)24-5-10-27(11-6-24)36(38,39)40/h5-17,21-22,26,30,32H,18-19H2,1-4H3,(H,45,46). The van der Waals surface area contributed by atoms with Crippen LogP contribution in [0.15, 0.2) is 83.8 Å². The number of aromatic nitrogens is 1. The van der Waals surface area contributed by atoms with Crippen molar-refractivity contribution in [1.82, 2.24) is 4.98 Å². The lowest BCUT2D eigenvalue weighted by atomic mass is 9.69. The summed E-state index contributed by atoms with van der Waals surface area (Å²) >= 11 is 3.07. The van der Waals surface area contributed by atoms with E-state index >= 15 is 0 Å². The Morgan fingerprint density at radius 3 is 2.08 bits per heavy atom. The van der Waals surface area contributed by atoms with Crippen molar-refractivity contribution in [1.29, 1.82) is 0 Å². The molecule has 0 saturated heterocycles. The van der Waals surface area contributed by atoms with Gasteiger partial charge in [-0.1, -0.05) is 50.3 Å². The Labute approximate surface area is 289 Å². The van der Waals surface area contributed by atoms with Crippen LogP contribution in [0.5, 0.6) is 5.75 Å². The third-order valence-electron chi connectivity index (χ3n) is 9.11. The van der Waals surface area contributed by atoms with Crippen LogP contribution in [0.4, 0.5) is 26.3 Å². The maximum atomic E-state index is 13.2. The highest BCUT2D eigenvalue weighted by Gasteiger charge is 2.35. The fourth-order valence-corrected chi connectivity index (χ4v) is 8.85. The Hall–Kier alpha value is -3.77. The molecule has 0 saturated carbocycles. The number of nitrogens with zero attached hydrogens (tertiary/aromatic N) is 1. The molecule has 0 aliphatic heterocycles. The first-order valence-electron chi connectivity index (χ1n) is 15.6. The minimum absolute atomic E-state index is 0.0444. The molecule has 4 aromatic rings. The molecule has 1 heterocycles. The minimum atomic E-state index is -4.44. The molecule has 1 aliphatic rings. The maximum absolute atomic E-state index is 13.2. The third-order valence-corrected chi connectivity index (χ3v) is 11.8. The number of carbonyl (C=O) groups is 1. The van der Waals surface area contributed by atoms with Gasteiger partial charge in [-0.3, -0.25) is 0 Å². The lowest BCUT2D eigenvalue weighted by molar-refractivity contribution is -0.139. The average Bonchev–Trinajstić information content (AvgIpc) is 3.43. The Kier molecular flexibility index (Phi) is 10.9. The zero-order chi connectivity index (χ0) is 35.7. The second-order valence-corrected chi connectivity index (χ2v) is 14.7. The topological polar surface area (TPSA) is 59.4 Å². The summed E-state index contributed by atoms with van der Waals surface area (Å²) < 4.78 is 84.5. The molecule has 1 aliphatic carbocycles. The van der Waals surface area contributed by atoms with Gasteiger partial charge in [-0.15, -0.1) is 23.1 Å². The minimum Gasteiger partial charge on any atom is -0.482 e. The van der Waals surface area contributed by atoms with Crippen molar-refractivity contribution < 1.29 is 41.0 Å². The van der Waals surface area contributed by atoms with Gasteiger partial charge in [-0.05, 0) is 91.6 Å². The van der Waals surface area contributed by atoms with Crippen molar-refractivity contribution in [3.8, 4) is 16.3 Å². The first-order valence-corrected chi connectivity index (χ1v) is 17.3. The van der Waals surface area contributed by atoms with Crippen LogP contribution in [0, 0.1) is 31.6 Å². The summed E-state index contributed by atoms with van der Waals surface area (Å²) in [5, 5.41) is 9.53. The lowest BCUT2D eigenvalue weighted by Gasteiger charge is -2.37. The monoisotopic (exact) mass is 719 g/mol. The fourth-order valence-electron chi connectivity index (χ4n) is 6.18. The highest BCUT2D eigenvalue weighted by atomic mass is 32.2. The van der Waals surface area contributed by atoms with Gasteiger partial charge in [0.15, 0.2) is 6.61 Å². The summed E-state index contributed by atoms with van der Waals surface area (Å²) in [4.78, 5) is 17.7. The molecule has 260 valence electrons. The highest BCUT2D eigenvalue weighted by Crippen LogP contribution is 2.50. The summed E-state index contributed by atoms with van der Waals surface area (Å²) in [5.41, 5.74) is 1.56. The number of hydrogen-bond donors (Lipinski definition) is 1. The van der Waals surface area contributed by atoms with Gasteiger partial charge in [-0.25, -0.2) is 9.78 Å². The van der Waals surface area contributed by atoms with Crippen molar-refractivity contribution in [2.75, 3.05) is 6.61 Å². The van der Waals surface area contributed by atoms with Crippen molar-refractivity contribution in [2.45, 2.75) is 62.5 Å². The Morgan fingerprint density at radius 1 is 0.898 bits per heavy atom. The van der Waals surface area contributed by atoms with E-state index in [-0.39, 0.29) is 28.9 Å². The predicted octanol–water partition coefficient (Wildman–Crippen LogP) is 11.4. The molecule has 5 rings (SSSR count). The molecule has 0 spiro atoms. The van der Waals surface area contributed by atoms with Crippen LogP contribution in [0.25, 0.3) is 10.6 Å². The SMILES string of the molecule is Cc1cc(SC(CC2C=CC(c3ccc(C(F)(F)F)cc3)C(C)C2C)c2sc(-c3ccc(C(F)(F)F)cc3)nc2C)ccc1OCC(=O)O. The molecular formula is C37H35F6NO3S2. The number of thioether (sulfide) groups is 1. The molecule has 0 fully saturated rings. The van der Waals surface area contributed by atoms with Gasteiger partial charge < -0.3 is 9.84 Å². The van der Waals surface area contributed by atoms with Crippen molar-refractivity contribution >= 4 is 29.1 Å². The van der Waals surface area contributed by atoms with Gasteiger partial charge in [0.1, 0.15) is 10.8 Å². The van der Waals surface area contributed by atoms with Gasteiger partial charge in [0, 0.05) is 26.5 Å². The number of alkyl halides is 6. The van der Waals surface area contributed by atoms with Gasteiger partial charge >= 0.3 is 18.3 Å². The van der Waals surface area contributed by atoms with Crippen molar-refractivity contribution in [3.63, 3.8) is 0 Å². The average molecular weight is 720 g/mol. The van der Waals surface area contributed by atoms with E-state index in [0.29, 0.717) is 22.7 Å². The van der Waals surface area contributed by atoms with E-state index in [9.17, 15) is 31.1 Å². The smallest absolute Gasteiger partial charge is 0.416 e. The van der Waals surface area contributed by atoms with Crippen LogP contribution in [0.1, 0.15) is 64.3 Å². The summed E-state index contributed by atoms with van der Waals surface area (Å²) in [6.07, 6.45) is -3.89. The zero-order valence-corrected chi connectivity index (χ0v) is 28.7. The van der Waals surface area contributed by atoms with E-state index in [1.165, 1.54) is 23.5 Å². The summed E-state index contributed by atoms with van der Waals surface area (Å²) in [6, 6.07) is 15.9. The van der Waals surface area contributed by atoms with E-state index in [2.05, 4.69) is 26.0 Å². The number of rotatable bonds is 10. The van der Waals surface area contributed by atoms with Crippen LogP contribution in [-0.2, 0) is 17.1 Å². The van der Waals surface area contributed by atoms with Gasteiger partial charge in [0.25, 0.3) is 0 Å². The third kappa shape index (κ3) is 8.70. The number of benzene rings is 3. The number of carboxylic acid groups (broad SMARTS) is 1. The van der Waals surface area contributed by atoms with Crippen LogP contribution in [0.3, 0.4) is 0 Å². The number of ether oxygens (including phenoxy) is 1. The van der Waals surface area contributed by atoms with E-state index in [1.807, 2.05) is 26.0 Å². The summed E-state index contributed by atoms with van der Waals surface area (Å²) in [6.45, 7) is 7.55. The van der Waals surface area contributed by atoms with Gasteiger partial charge in [-0.2, -0.15) is 26.3 Å². The molecule has 0 amide bonds. The van der Waals surface area contributed by atoms with Crippen LogP contribution >= 0.6 is 23.1 Å². The molecule has 12 heteroatoms. The molecule has 49 heavy (non-hydrogen) atoms. The van der Waals surface area contributed by atoms with E-state index in [4.69, 9.17) is 14.8 Å². The second kappa shape index (κ2) is 14.6. The molecule has 0 bridgehead atoms. The Morgan fingerprint density at radius 2 is 1.51 bits per heavy atom. The van der Waals surface area contributed by atoms with Crippen molar-refractivity contribution in [2.24, 2.45) is 17.8 Å². The number of thiazole rings is 1. The number of halogens is 6. The molecule has 3 aromatic carbocycles. The Balaban J connectivity index is 1.44. The molecular weight excluding hydrogens is 685 g/mol. The van der Waals surface area contributed by atoms with Crippen molar-refractivity contribution in [3.05, 3.63) is 112 Å². The molecule has 5 unspecified atom stereocenters. The fraction of sp³-hybridized carbons (Fsp3) is 0.351. The lowest BCUT2D eigenvalue weighted by Crippen LogP contribution is -2.27. The number of allylic oxidation sites excluding steroid dienone is 2. The first kappa shape index (κ1) is 36.5. The first-order chi connectivity index (χ1) is 23.0. The molecule has 4 nitrogen and oxygen atoms in total. The normalized spacial score (nSPS) is 20.3. The number of carboxylic acids is 1. The molecule has 1 aromatic heterocycles. The zero-order valence-electron chi connectivity index (χ0n) is 27.1. The highest BCUT2D eigenvalue weighted by molar-refractivity contribution is 7.99. The maximum Gasteiger partial charge on any atom is 0.416 e. The van der Waals surface area contributed by atoms with Crippen LogP contribution in [-0.4, -0.2) is 22.7 Å². The van der Waals surface area contributed by atoms with Gasteiger partial charge in [0.05, 0.1) is 16.8 Å². The van der Waals surface area contributed by atoms with E-state index in [0.717, 1.165) is 50.9 Å². The second-order valence-electron chi connectivity index (χ2n) is 12.4.